The summed E-state index contributed by atoms with van der Waals surface area (Å²) in [5, 5.41) is 19.2. The maximum Gasteiger partial charge on any atom is 0.221 e. The molecule has 3 aromatic heterocycles. The van der Waals surface area contributed by atoms with Gasteiger partial charge in [-0.05, 0) is 19.1 Å². The van der Waals surface area contributed by atoms with Crippen molar-refractivity contribution >= 4 is 5.65 Å². The van der Waals surface area contributed by atoms with Crippen LogP contribution in [-0.4, -0.2) is 29.6 Å². The molecule has 3 aromatic rings. The predicted octanol–water partition coefficient (Wildman–Crippen LogP) is 1.65. The third kappa shape index (κ3) is 1.75. The van der Waals surface area contributed by atoms with E-state index in [9.17, 15) is 14.6 Å². The smallest absolute Gasteiger partial charge is 0.221 e. The van der Waals surface area contributed by atoms with Gasteiger partial charge in [0.1, 0.15) is 17.2 Å². The van der Waals surface area contributed by atoms with Crippen LogP contribution in [-0.2, 0) is 0 Å². The van der Waals surface area contributed by atoms with Gasteiger partial charge in [-0.15, -0.1) is 0 Å². The summed E-state index contributed by atoms with van der Waals surface area (Å²) in [5.41, 5.74) is 1.07. The average Bonchev–Trinajstić information content (AvgIpc) is 2.78. The van der Waals surface area contributed by atoms with Crippen LogP contribution < -0.4 is 0 Å². The Morgan fingerprint density at radius 2 is 1.84 bits per heavy atom. The van der Waals surface area contributed by atoms with Gasteiger partial charge in [0, 0.05) is 6.20 Å². The SMILES string of the molecule is Cc1c(O)nc(-c2cnc3ccc(F)cn23)nc1O. The lowest BCUT2D eigenvalue weighted by atomic mass is 10.3. The molecule has 3 heterocycles. The minimum atomic E-state index is -0.438. The highest BCUT2D eigenvalue weighted by Crippen LogP contribution is 2.26. The Morgan fingerprint density at radius 3 is 2.53 bits per heavy atom. The summed E-state index contributed by atoms with van der Waals surface area (Å²) in [6.07, 6.45) is 2.67. The first-order valence-corrected chi connectivity index (χ1v) is 5.46. The second kappa shape index (κ2) is 3.91. The van der Waals surface area contributed by atoms with Crippen molar-refractivity contribution in [2.45, 2.75) is 6.92 Å². The Bertz CT molecular complexity index is 761. The van der Waals surface area contributed by atoms with Crippen LogP contribution in [0.5, 0.6) is 11.8 Å². The minimum absolute atomic E-state index is 0.0682. The lowest BCUT2D eigenvalue weighted by Gasteiger charge is -2.04. The van der Waals surface area contributed by atoms with E-state index in [1.807, 2.05) is 0 Å². The average molecular weight is 260 g/mol. The number of halogens is 1. The molecule has 0 saturated carbocycles. The van der Waals surface area contributed by atoms with Crippen molar-refractivity contribution in [3.05, 3.63) is 35.9 Å². The monoisotopic (exact) mass is 260 g/mol. The van der Waals surface area contributed by atoms with Gasteiger partial charge in [-0.2, -0.15) is 9.97 Å². The van der Waals surface area contributed by atoms with Gasteiger partial charge in [-0.25, -0.2) is 9.37 Å². The molecule has 2 N–H and O–H groups in total. The summed E-state index contributed by atoms with van der Waals surface area (Å²) in [6.45, 7) is 1.49. The van der Waals surface area contributed by atoms with Crippen LogP contribution in [0.15, 0.2) is 24.5 Å². The van der Waals surface area contributed by atoms with Gasteiger partial charge in [0.05, 0.1) is 11.8 Å². The first-order chi connectivity index (χ1) is 9.06. The predicted molar refractivity (Wildman–Crippen MR) is 64.2 cm³/mol. The maximum atomic E-state index is 13.2. The summed E-state index contributed by atoms with van der Waals surface area (Å²) >= 11 is 0. The molecule has 0 unspecified atom stereocenters. The molecule has 0 aliphatic heterocycles. The van der Waals surface area contributed by atoms with Gasteiger partial charge in [0.2, 0.25) is 11.8 Å². The van der Waals surface area contributed by atoms with E-state index < -0.39 is 5.82 Å². The van der Waals surface area contributed by atoms with Gasteiger partial charge in [0.15, 0.2) is 5.82 Å². The molecule has 0 aromatic carbocycles. The molecule has 0 spiro atoms. The Balaban J connectivity index is 2.27. The summed E-state index contributed by atoms with van der Waals surface area (Å²) in [4.78, 5) is 11.8. The zero-order valence-electron chi connectivity index (χ0n) is 9.87. The van der Waals surface area contributed by atoms with Crippen LogP contribution in [0, 0.1) is 12.7 Å². The molecule has 0 atom stereocenters. The number of hydrogen-bond acceptors (Lipinski definition) is 5. The van der Waals surface area contributed by atoms with Crippen LogP contribution in [0.3, 0.4) is 0 Å². The number of imidazole rings is 1. The molecule has 6 nitrogen and oxygen atoms in total. The van der Waals surface area contributed by atoms with Crippen molar-refractivity contribution in [3.63, 3.8) is 0 Å². The topological polar surface area (TPSA) is 83.5 Å². The number of fused-ring (bicyclic) bond motifs is 1. The van der Waals surface area contributed by atoms with E-state index in [0.29, 0.717) is 11.3 Å². The fourth-order valence-corrected chi connectivity index (χ4v) is 1.73. The summed E-state index contributed by atoms with van der Waals surface area (Å²) < 4.78 is 14.7. The van der Waals surface area contributed by atoms with Crippen LogP contribution in [0.2, 0.25) is 0 Å². The van der Waals surface area contributed by atoms with Crippen molar-refractivity contribution in [2.24, 2.45) is 0 Å². The standard InChI is InChI=1S/C12H9FN4O2/c1-6-11(18)15-10(16-12(6)19)8-4-14-9-3-2-7(13)5-17(8)9/h2-5H,1H3,(H2,15,16,18,19). The van der Waals surface area contributed by atoms with Gasteiger partial charge < -0.3 is 10.2 Å². The lowest BCUT2D eigenvalue weighted by molar-refractivity contribution is 0.415. The highest BCUT2D eigenvalue weighted by molar-refractivity contribution is 5.58. The first-order valence-electron chi connectivity index (χ1n) is 5.46. The highest BCUT2D eigenvalue weighted by Gasteiger charge is 2.14. The first kappa shape index (κ1) is 11.4. The number of aromatic nitrogens is 4. The van der Waals surface area contributed by atoms with Crippen LogP contribution in [0.4, 0.5) is 4.39 Å². The van der Waals surface area contributed by atoms with E-state index in [2.05, 4.69) is 15.0 Å². The van der Waals surface area contributed by atoms with E-state index in [1.54, 1.807) is 0 Å². The number of nitrogens with zero attached hydrogens (tertiary/aromatic N) is 4. The second-order valence-electron chi connectivity index (χ2n) is 4.04. The van der Waals surface area contributed by atoms with Gasteiger partial charge in [-0.1, -0.05) is 0 Å². The zero-order chi connectivity index (χ0) is 13.6. The Labute approximate surface area is 106 Å². The quantitative estimate of drug-likeness (QED) is 0.695. The van der Waals surface area contributed by atoms with Crippen molar-refractivity contribution < 1.29 is 14.6 Å². The summed E-state index contributed by atoms with van der Waals surface area (Å²) in [6, 6.07) is 2.80. The molecular formula is C12H9FN4O2. The van der Waals surface area contributed by atoms with E-state index in [1.165, 1.54) is 35.9 Å². The van der Waals surface area contributed by atoms with Crippen LogP contribution in [0.1, 0.15) is 5.56 Å². The maximum absolute atomic E-state index is 13.2. The third-order valence-electron chi connectivity index (χ3n) is 2.79. The molecule has 0 aliphatic rings. The highest BCUT2D eigenvalue weighted by atomic mass is 19.1. The molecule has 0 bridgehead atoms. The van der Waals surface area contributed by atoms with Gasteiger partial charge >= 0.3 is 0 Å². The van der Waals surface area contributed by atoms with Crippen molar-refractivity contribution in [2.75, 3.05) is 0 Å². The summed E-state index contributed by atoms with van der Waals surface area (Å²) in [7, 11) is 0. The Hall–Kier alpha value is -2.70. The molecule has 0 amide bonds. The van der Waals surface area contributed by atoms with Crippen molar-refractivity contribution in [3.8, 4) is 23.3 Å². The fraction of sp³-hybridized carbons (Fsp3) is 0.0833. The van der Waals surface area contributed by atoms with Crippen molar-refractivity contribution in [1.29, 1.82) is 0 Å². The molecule has 19 heavy (non-hydrogen) atoms. The van der Waals surface area contributed by atoms with Crippen molar-refractivity contribution in [1.82, 2.24) is 19.4 Å². The number of hydrogen-bond donors (Lipinski definition) is 2. The molecule has 3 rings (SSSR count). The van der Waals surface area contributed by atoms with E-state index in [4.69, 9.17) is 0 Å². The third-order valence-corrected chi connectivity index (χ3v) is 2.79. The van der Waals surface area contributed by atoms with Crippen LogP contribution >= 0.6 is 0 Å². The zero-order valence-corrected chi connectivity index (χ0v) is 9.87. The minimum Gasteiger partial charge on any atom is -0.493 e. The molecule has 96 valence electrons. The Kier molecular flexibility index (Phi) is 2.34. The molecule has 0 fully saturated rings. The largest absolute Gasteiger partial charge is 0.493 e. The molecule has 0 saturated heterocycles. The summed E-state index contributed by atoms with van der Waals surface area (Å²) in [5.74, 6) is -1.02. The lowest BCUT2D eigenvalue weighted by Crippen LogP contribution is -1.96. The molecule has 0 radical (unpaired) electrons. The van der Waals surface area contributed by atoms with E-state index >= 15 is 0 Å². The van der Waals surface area contributed by atoms with Gasteiger partial charge in [0.25, 0.3) is 0 Å². The normalized spacial score (nSPS) is 11.1. The number of pyridine rings is 1. The second-order valence-corrected chi connectivity index (χ2v) is 4.04. The number of aromatic hydroxyl groups is 2. The number of rotatable bonds is 1. The molecule has 7 heteroatoms. The van der Waals surface area contributed by atoms with E-state index in [0.717, 1.165) is 0 Å². The fourth-order valence-electron chi connectivity index (χ4n) is 1.73. The molecular weight excluding hydrogens is 251 g/mol. The van der Waals surface area contributed by atoms with Crippen LogP contribution in [0.25, 0.3) is 17.2 Å². The Morgan fingerprint density at radius 1 is 1.16 bits per heavy atom. The van der Waals surface area contributed by atoms with Gasteiger partial charge in [-0.3, -0.25) is 4.40 Å². The van der Waals surface area contributed by atoms with E-state index in [-0.39, 0.29) is 23.1 Å². The molecule has 0 aliphatic carbocycles.